The third-order valence-corrected chi connectivity index (χ3v) is 5.01. The van der Waals surface area contributed by atoms with Gasteiger partial charge in [0.1, 0.15) is 6.10 Å². The number of carbonyl (C=O) groups excluding carboxylic acids is 1. The predicted molar refractivity (Wildman–Crippen MR) is 84.8 cm³/mol. The maximum Gasteiger partial charge on any atom is 0.264 e. The molecule has 0 radical (unpaired) electrons. The number of amides is 1. The summed E-state index contributed by atoms with van der Waals surface area (Å²) in [6, 6.07) is 0.547. The summed E-state index contributed by atoms with van der Waals surface area (Å²) < 4.78 is 5.86. The van der Waals surface area contributed by atoms with Crippen LogP contribution in [0.15, 0.2) is 5.51 Å². The summed E-state index contributed by atoms with van der Waals surface area (Å²) in [6.07, 6.45) is 5.38. The molecule has 1 aromatic heterocycles. The van der Waals surface area contributed by atoms with E-state index in [0.717, 1.165) is 32.1 Å². The monoisotopic (exact) mass is 311 g/mol. The van der Waals surface area contributed by atoms with Crippen LogP contribution in [0.5, 0.6) is 5.88 Å². The number of aromatic nitrogens is 1. The fourth-order valence-corrected chi connectivity index (χ4v) is 3.19. The Morgan fingerprint density at radius 3 is 2.71 bits per heavy atom. The van der Waals surface area contributed by atoms with Crippen LogP contribution in [0.25, 0.3) is 0 Å². The fraction of sp³-hybridized carbons (Fsp3) is 0.733. The molecule has 1 fully saturated rings. The molecule has 1 heterocycles. The first-order chi connectivity index (χ1) is 9.91. The van der Waals surface area contributed by atoms with Crippen molar-refractivity contribution >= 4 is 17.2 Å². The number of thiazole rings is 1. The van der Waals surface area contributed by atoms with E-state index in [9.17, 15) is 4.79 Å². The first kappa shape index (κ1) is 16.2. The number of hydrogen-bond acceptors (Lipinski definition) is 5. The number of nitrogens with zero attached hydrogens (tertiary/aromatic N) is 1. The molecular formula is C15H25N3O2S. The molecule has 1 saturated carbocycles. The minimum Gasteiger partial charge on any atom is -0.473 e. The average molecular weight is 311 g/mol. The van der Waals surface area contributed by atoms with Crippen LogP contribution < -0.4 is 15.8 Å². The first-order valence-electron chi connectivity index (χ1n) is 7.59. The van der Waals surface area contributed by atoms with Crippen LogP contribution >= 0.6 is 11.3 Å². The van der Waals surface area contributed by atoms with Crippen molar-refractivity contribution in [2.75, 3.05) is 0 Å². The number of primary amides is 1. The molecule has 6 heteroatoms. The summed E-state index contributed by atoms with van der Waals surface area (Å²) in [6.45, 7) is 6.68. The van der Waals surface area contributed by atoms with E-state index in [-0.39, 0.29) is 11.6 Å². The molecule has 1 aliphatic rings. The van der Waals surface area contributed by atoms with Gasteiger partial charge in [0.05, 0.1) is 5.51 Å². The summed E-state index contributed by atoms with van der Waals surface area (Å²) >= 11 is 1.23. The molecule has 2 rings (SSSR count). The highest BCUT2D eigenvalue weighted by Gasteiger charge is 2.27. The van der Waals surface area contributed by atoms with E-state index in [2.05, 4.69) is 31.1 Å². The standard InChI is InChI=1S/C15H25N3O2S/c1-4-15(2,3)18-10-5-7-11(8-6-10)20-14-12(13(16)19)21-9-17-14/h9-11,18H,4-8H2,1-3H3,(H2,16,19). The summed E-state index contributed by atoms with van der Waals surface area (Å²) in [7, 11) is 0. The molecule has 1 aliphatic carbocycles. The highest BCUT2D eigenvalue weighted by molar-refractivity contribution is 7.12. The van der Waals surface area contributed by atoms with E-state index in [0.29, 0.717) is 16.8 Å². The number of nitrogens with two attached hydrogens (primary N) is 1. The molecule has 0 aromatic carbocycles. The molecule has 0 atom stereocenters. The van der Waals surface area contributed by atoms with Crippen molar-refractivity contribution in [1.82, 2.24) is 10.3 Å². The van der Waals surface area contributed by atoms with Crippen LogP contribution in [0.3, 0.4) is 0 Å². The van der Waals surface area contributed by atoms with Crippen molar-refractivity contribution in [3.8, 4) is 5.88 Å². The Morgan fingerprint density at radius 2 is 2.14 bits per heavy atom. The smallest absolute Gasteiger partial charge is 0.264 e. The Balaban J connectivity index is 1.84. The quantitative estimate of drug-likeness (QED) is 0.847. The Hall–Kier alpha value is -1.14. The van der Waals surface area contributed by atoms with Gasteiger partial charge < -0.3 is 15.8 Å². The fourth-order valence-electron chi connectivity index (χ4n) is 2.62. The molecule has 1 aromatic rings. The summed E-state index contributed by atoms with van der Waals surface area (Å²) in [5, 5.41) is 3.71. The van der Waals surface area contributed by atoms with E-state index >= 15 is 0 Å². The number of nitrogens with one attached hydrogen (secondary N) is 1. The molecule has 5 nitrogen and oxygen atoms in total. The van der Waals surface area contributed by atoms with Gasteiger partial charge in [-0.25, -0.2) is 4.98 Å². The number of rotatable bonds is 6. The number of carbonyl (C=O) groups is 1. The normalized spacial score (nSPS) is 23.0. The first-order valence-corrected chi connectivity index (χ1v) is 8.47. The maximum atomic E-state index is 11.3. The van der Waals surface area contributed by atoms with Gasteiger partial charge in [-0.1, -0.05) is 6.92 Å². The lowest BCUT2D eigenvalue weighted by Gasteiger charge is -2.35. The van der Waals surface area contributed by atoms with Crippen molar-refractivity contribution in [2.24, 2.45) is 5.73 Å². The van der Waals surface area contributed by atoms with Gasteiger partial charge in [-0.3, -0.25) is 4.79 Å². The Morgan fingerprint density at radius 1 is 1.48 bits per heavy atom. The Kier molecular flexibility index (Phi) is 5.22. The van der Waals surface area contributed by atoms with E-state index in [1.165, 1.54) is 11.3 Å². The number of hydrogen-bond donors (Lipinski definition) is 2. The third-order valence-electron chi connectivity index (χ3n) is 4.19. The zero-order valence-electron chi connectivity index (χ0n) is 13.0. The Bertz CT molecular complexity index is 479. The van der Waals surface area contributed by atoms with Crippen LogP contribution in [-0.4, -0.2) is 28.6 Å². The minimum atomic E-state index is -0.465. The second-order valence-electron chi connectivity index (χ2n) is 6.32. The molecule has 3 N–H and O–H groups in total. The van der Waals surface area contributed by atoms with Gasteiger partial charge in [0.25, 0.3) is 5.91 Å². The highest BCUT2D eigenvalue weighted by atomic mass is 32.1. The Labute approximate surface area is 130 Å². The van der Waals surface area contributed by atoms with Crippen molar-refractivity contribution in [2.45, 2.75) is 70.6 Å². The van der Waals surface area contributed by atoms with Gasteiger partial charge in [-0.15, -0.1) is 11.3 Å². The van der Waals surface area contributed by atoms with E-state index in [1.807, 2.05) is 0 Å². The molecule has 118 valence electrons. The summed E-state index contributed by atoms with van der Waals surface area (Å²) in [5.74, 6) is -0.0645. The van der Waals surface area contributed by atoms with Gasteiger partial charge in [-0.05, 0) is 46.0 Å². The lowest BCUT2D eigenvalue weighted by Crippen LogP contribution is -2.47. The lowest BCUT2D eigenvalue weighted by molar-refractivity contribution is 0.0983. The van der Waals surface area contributed by atoms with Crippen molar-refractivity contribution in [1.29, 1.82) is 0 Å². The molecule has 0 bridgehead atoms. The van der Waals surface area contributed by atoms with Crippen LogP contribution in [0.2, 0.25) is 0 Å². The van der Waals surface area contributed by atoms with Gasteiger partial charge >= 0.3 is 0 Å². The van der Waals surface area contributed by atoms with Crippen LogP contribution in [0.1, 0.15) is 62.5 Å². The molecule has 1 amide bonds. The average Bonchev–Trinajstić information content (AvgIpc) is 2.89. The molecular weight excluding hydrogens is 286 g/mol. The second-order valence-corrected chi connectivity index (χ2v) is 7.18. The maximum absolute atomic E-state index is 11.3. The zero-order chi connectivity index (χ0) is 15.5. The topological polar surface area (TPSA) is 77.2 Å². The van der Waals surface area contributed by atoms with Crippen molar-refractivity contribution in [3.63, 3.8) is 0 Å². The minimum absolute atomic E-state index is 0.132. The van der Waals surface area contributed by atoms with Crippen LogP contribution in [-0.2, 0) is 0 Å². The second kappa shape index (κ2) is 6.75. The van der Waals surface area contributed by atoms with E-state index in [1.54, 1.807) is 5.51 Å². The zero-order valence-corrected chi connectivity index (χ0v) is 13.8. The van der Waals surface area contributed by atoms with Crippen LogP contribution in [0.4, 0.5) is 0 Å². The van der Waals surface area contributed by atoms with Gasteiger partial charge in [-0.2, -0.15) is 0 Å². The van der Waals surface area contributed by atoms with Crippen molar-refractivity contribution < 1.29 is 9.53 Å². The molecule has 0 spiro atoms. The van der Waals surface area contributed by atoms with Gasteiger partial charge in [0, 0.05) is 11.6 Å². The van der Waals surface area contributed by atoms with Crippen molar-refractivity contribution in [3.05, 3.63) is 10.4 Å². The molecule has 0 unspecified atom stereocenters. The SMILES string of the molecule is CCC(C)(C)NC1CCC(Oc2ncsc2C(N)=O)CC1. The highest BCUT2D eigenvalue weighted by Crippen LogP contribution is 2.28. The van der Waals surface area contributed by atoms with Crippen LogP contribution in [0, 0.1) is 0 Å². The van der Waals surface area contributed by atoms with E-state index < -0.39 is 5.91 Å². The lowest BCUT2D eigenvalue weighted by atomic mass is 9.90. The molecule has 0 saturated heterocycles. The molecule has 0 aliphatic heterocycles. The van der Waals surface area contributed by atoms with Gasteiger partial charge in [0.2, 0.25) is 5.88 Å². The van der Waals surface area contributed by atoms with Gasteiger partial charge in [0.15, 0.2) is 4.88 Å². The number of ether oxygens (including phenoxy) is 1. The summed E-state index contributed by atoms with van der Waals surface area (Å²) in [5.41, 5.74) is 7.10. The predicted octanol–water partition coefficient (Wildman–Crippen LogP) is 2.71. The largest absolute Gasteiger partial charge is 0.473 e. The summed E-state index contributed by atoms with van der Waals surface area (Å²) in [4.78, 5) is 15.8. The van der Waals surface area contributed by atoms with E-state index in [4.69, 9.17) is 10.5 Å². The molecule has 21 heavy (non-hydrogen) atoms. The third kappa shape index (κ3) is 4.41.